The van der Waals surface area contributed by atoms with Gasteiger partial charge in [0.15, 0.2) is 5.79 Å². The van der Waals surface area contributed by atoms with Crippen molar-refractivity contribution >= 4 is 0 Å². The number of benzene rings is 1. The van der Waals surface area contributed by atoms with Gasteiger partial charge in [0, 0.05) is 25.4 Å². The lowest BCUT2D eigenvalue weighted by Crippen LogP contribution is -2.42. The zero-order valence-electron chi connectivity index (χ0n) is 16.6. The van der Waals surface area contributed by atoms with Crippen LogP contribution in [0, 0.1) is 5.92 Å². The summed E-state index contributed by atoms with van der Waals surface area (Å²) >= 11 is 0. The van der Waals surface area contributed by atoms with Gasteiger partial charge in [-0.3, -0.25) is 0 Å². The summed E-state index contributed by atoms with van der Waals surface area (Å²) in [5, 5.41) is 0. The normalized spacial score (nSPS) is 22.7. The summed E-state index contributed by atoms with van der Waals surface area (Å²) in [7, 11) is 0. The Kier molecular flexibility index (Phi) is 6.60. The predicted octanol–water partition coefficient (Wildman–Crippen LogP) is 4.75. The largest absolute Gasteiger partial charge is 0.493 e. The van der Waals surface area contributed by atoms with E-state index in [1.165, 1.54) is 24.8 Å². The molecule has 1 saturated heterocycles. The van der Waals surface area contributed by atoms with Crippen molar-refractivity contribution in [1.82, 2.24) is 0 Å². The summed E-state index contributed by atoms with van der Waals surface area (Å²) in [5.41, 5.74) is 1.20. The molecular formula is C22H34O4. The highest BCUT2D eigenvalue weighted by Crippen LogP contribution is 2.42. The molecular weight excluding hydrogens is 328 g/mol. The van der Waals surface area contributed by atoms with Gasteiger partial charge in [-0.2, -0.15) is 0 Å². The van der Waals surface area contributed by atoms with Crippen LogP contribution in [0.5, 0.6) is 5.75 Å². The minimum atomic E-state index is -0.321. The van der Waals surface area contributed by atoms with E-state index in [0.29, 0.717) is 12.5 Å². The summed E-state index contributed by atoms with van der Waals surface area (Å²) in [6, 6.07) is 8.52. The standard InChI is InChI=1S/C22H34O4/c1-4-24-21(2,3)13-14-23-20-10-8-18(9-11-20)17-19-7-5-6-12-22(19)25-15-16-26-22/h8-11,19H,4-7,12-17H2,1-3H3. The molecule has 4 nitrogen and oxygen atoms in total. The van der Waals surface area contributed by atoms with Crippen molar-refractivity contribution in [1.29, 1.82) is 0 Å². The maximum absolute atomic E-state index is 6.04. The fourth-order valence-corrected chi connectivity index (χ4v) is 4.18. The summed E-state index contributed by atoms with van der Waals surface area (Å²) in [5.74, 6) is 1.06. The summed E-state index contributed by atoms with van der Waals surface area (Å²) < 4.78 is 23.7. The first kappa shape index (κ1) is 19.7. The molecule has 4 heteroatoms. The molecule has 1 aromatic rings. The van der Waals surface area contributed by atoms with E-state index in [0.717, 1.165) is 44.8 Å². The van der Waals surface area contributed by atoms with Gasteiger partial charge in [-0.05, 0) is 57.7 Å². The summed E-state index contributed by atoms with van der Waals surface area (Å²) in [6.45, 7) is 9.12. The molecule has 1 saturated carbocycles. The summed E-state index contributed by atoms with van der Waals surface area (Å²) in [4.78, 5) is 0. The molecule has 2 aliphatic rings. The molecule has 1 spiro atoms. The van der Waals surface area contributed by atoms with Crippen LogP contribution >= 0.6 is 0 Å². The van der Waals surface area contributed by atoms with Gasteiger partial charge in [0.05, 0.1) is 25.4 Å². The molecule has 0 bridgehead atoms. The fourth-order valence-electron chi connectivity index (χ4n) is 4.18. The predicted molar refractivity (Wildman–Crippen MR) is 103 cm³/mol. The van der Waals surface area contributed by atoms with Gasteiger partial charge in [0.2, 0.25) is 0 Å². The van der Waals surface area contributed by atoms with Crippen LogP contribution in [0.25, 0.3) is 0 Å². The van der Waals surface area contributed by atoms with Gasteiger partial charge in [-0.1, -0.05) is 18.6 Å². The zero-order valence-corrected chi connectivity index (χ0v) is 16.6. The van der Waals surface area contributed by atoms with E-state index in [9.17, 15) is 0 Å². The van der Waals surface area contributed by atoms with Crippen molar-refractivity contribution in [2.75, 3.05) is 26.4 Å². The van der Waals surface area contributed by atoms with E-state index in [4.69, 9.17) is 18.9 Å². The smallest absolute Gasteiger partial charge is 0.171 e. The lowest BCUT2D eigenvalue weighted by Gasteiger charge is -2.39. The number of hydrogen-bond donors (Lipinski definition) is 0. The van der Waals surface area contributed by atoms with Crippen LogP contribution in [0.1, 0.15) is 58.4 Å². The first-order valence-electron chi connectivity index (χ1n) is 10.2. The molecule has 0 amide bonds. The number of rotatable bonds is 8. The molecule has 0 radical (unpaired) electrons. The van der Waals surface area contributed by atoms with Crippen LogP contribution in [-0.4, -0.2) is 37.8 Å². The van der Waals surface area contributed by atoms with Gasteiger partial charge in [0.25, 0.3) is 0 Å². The highest BCUT2D eigenvalue weighted by Gasteiger charge is 2.45. The highest BCUT2D eigenvalue weighted by atomic mass is 16.7. The molecule has 1 aliphatic heterocycles. The minimum absolute atomic E-state index is 0.134. The Bertz CT molecular complexity index is 546. The lowest BCUT2D eigenvalue weighted by molar-refractivity contribution is -0.212. The monoisotopic (exact) mass is 362 g/mol. The Morgan fingerprint density at radius 1 is 1.12 bits per heavy atom. The molecule has 146 valence electrons. The molecule has 26 heavy (non-hydrogen) atoms. The second kappa shape index (κ2) is 8.73. The van der Waals surface area contributed by atoms with Crippen LogP contribution < -0.4 is 4.74 Å². The van der Waals surface area contributed by atoms with Crippen LogP contribution in [0.2, 0.25) is 0 Å². The van der Waals surface area contributed by atoms with E-state index in [-0.39, 0.29) is 11.4 Å². The SMILES string of the molecule is CCOC(C)(C)CCOc1ccc(CC2CCCCC23OCCO3)cc1. The molecule has 0 N–H and O–H groups in total. The number of hydrogen-bond acceptors (Lipinski definition) is 4. The third kappa shape index (κ3) is 4.99. The van der Waals surface area contributed by atoms with Crippen molar-refractivity contribution in [3.63, 3.8) is 0 Å². The second-order valence-electron chi connectivity index (χ2n) is 8.09. The lowest BCUT2D eigenvalue weighted by atomic mass is 9.79. The van der Waals surface area contributed by atoms with Crippen molar-refractivity contribution in [2.45, 2.75) is 70.7 Å². The van der Waals surface area contributed by atoms with Crippen molar-refractivity contribution < 1.29 is 18.9 Å². The molecule has 2 fully saturated rings. The highest BCUT2D eigenvalue weighted by molar-refractivity contribution is 5.27. The van der Waals surface area contributed by atoms with Crippen molar-refractivity contribution in [3.8, 4) is 5.75 Å². The van der Waals surface area contributed by atoms with Gasteiger partial charge >= 0.3 is 0 Å². The molecule has 1 aliphatic carbocycles. The van der Waals surface area contributed by atoms with E-state index in [2.05, 4.69) is 38.1 Å². The third-order valence-corrected chi connectivity index (χ3v) is 5.64. The molecule has 3 rings (SSSR count). The molecule has 1 atom stereocenters. The number of ether oxygens (including phenoxy) is 4. The van der Waals surface area contributed by atoms with Crippen LogP contribution in [0.4, 0.5) is 0 Å². The van der Waals surface area contributed by atoms with Gasteiger partial charge < -0.3 is 18.9 Å². The molecule has 0 aromatic heterocycles. The van der Waals surface area contributed by atoms with Crippen molar-refractivity contribution in [3.05, 3.63) is 29.8 Å². The summed E-state index contributed by atoms with van der Waals surface area (Å²) in [6.07, 6.45) is 6.59. The minimum Gasteiger partial charge on any atom is -0.493 e. The van der Waals surface area contributed by atoms with E-state index < -0.39 is 0 Å². The molecule has 1 aromatic carbocycles. The van der Waals surface area contributed by atoms with E-state index in [1.54, 1.807) is 0 Å². The molecule has 1 unspecified atom stereocenters. The maximum atomic E-state index is 6.04. The van der Waals surface area contributed by atoms with E-state index >= 15 is 0 Å². The average molecular weight is 363 g/mol. The Morgan fingerprint density at radius 2 is 1.85 bits per heavy atom. The van der Waals surface area contributed by atoms with Crippen LogP contribution in [0.15, 0.2) is 24.3 Å². The maximum Gasteiger partial charge on any atom is 0.171 e. The van der Waals surface area contributed by atoms with Gasteiger partial charge in [0.1, 0.15) is 5.75 Å². The first-order valence-corrected chi connectivity index (χ1v) is 10.2. The van der Waals surface area contributed by atoms with Crippen molar-refractivity contribution in [2.24, 2.45) is 5.92 Å². The van der Waals surface area contributed by atoms with Gasteiger partial charge in [-0.25, -0.2) is 0 Å². The first-order chi connectivity index (χ1) is 12.5. The Balaban J connectivity index is 1.51. The quantitative estimate of drug-likeness (QED) is 0.669. The topological polar surface area (TPSA) is 36.9 Å². The zero-order chi connectivity index (χ0) is 18.5. The fraction of sp³-hybridized carbons (Fsp3) is 0.727. The second-order valence-corrected chi connectivity index (χ2v) is 8.09. The molecule has 1 heterocycles. The Morgan fingerprint density at radius 3 is 2.54 bits per heavy atom. The van der Waals surface area contributed by atoms with E-state index in [1.807, 2.05) is 6.92 Å². The van der Waals surface area contributed by atoms with Crippen LogP contribution in [-0.2, 0) is 20.6 Å². The van der Waals surface area contributed by atoms with Crippen LogP contribution in [0.3, 0.4) is 0 Å². The Hall–Kier alpha value is -1.10. The average Bonchev–Trinajstić information content (AvgIpc) is 3.07. The van der Waals surface area contributed by atoms with Gasteiger partial charge in [-0.15, -0.1) is 0 Å². The third-order valence-electron chi connectivity index (χ3n) is 5.64. The Labute approximate surface area is 158 Å².